The van der Waals surface area contributed by atoms with Gasteiger partial charge in [0.15, 0.2) is 9.47 Å². The lowest BCUT2D eigenvalue weighted by atomic mass is 10.1. The molecule has 0 aliphatic rings. The van der Waals surface area contributed by atoms with Crippen molar-refractivity contribution in [2.75, 3.05) is 16.8 Å². The number of thiazole rings is 1. The van der Waals surface area contributed by atoms with Crippen LogP contribution < -0.4 is 10.2 Å². The first-order valence-corrected chi connectivity index (χ1v) is 11.9. The molecule has 2 aromatic heterocycles. The Kier molecular flexibility index (Phi) is 7.77. The number of hydrogen-bond acceptors (Lipinski definition) is 9. The Morgan fingerprint density at radius 3 is 2.63 bits per heavy atom. The summed E-state index contributed by atoms with van der Waals surface area (Å²) in [6.07, 6.45) is 0.396. The Labute approximate surface area is 186 Å². The number of nitrogens with zero attached hydrogens (tertiary/aromatic N) is 4. The average molecular weight is 464 g/mol. The fourth-order valence-electron chi connectivity index (χ4n) is 2.48. The second kappa shape index (κ2) is 10.5. The van der Waals surface area contributed by atoms with Crippen molar-refractivity contribution in [2.24, 2.45) is 0 Å². The first kappa shape index (κ1) is 22.2. The molecule has 0 radical (unpaired) electrons. The molecular formula is C19H21N5O3S3. The molecule has 0 unspecified atom stereocenters. The Balaban J connectivity index is 1.64. The van der Waals surface area contributed by atoms with Crippen LogP contribution in [0.15, 0.2) is 34.0 Å². The van der Waals surface area contributed by atoms with Gasteiger partial charge in [-0.15, -0.1) is 21.5 Å². The van der Waals surface area contributed by atoms with Crippen LogP contribution in [-0.2, 0) is 21.7 Å². The maximum absolute atomic E-state index is 12.3. The van der Waals surface area contributed by atoms with Crippen molar-refractivity contribution < 1.29 is 14.3 Å². The van der Waals surface area contributed by atoms with Crippen molar-refractivity contribution in [3.8, 4) is 0 Å². The molecule has 3 rings (SSSR count). The van der Waals surface area contributed by atoms with Gasteiger partial charge in [-0.3, -0.25) is 15.0 Å². The molecule has 1 aromatic carbocycles. The van der Waals surface area contributed by atoms with Gasteiger partial charge in [0.25, 0.3) is 0 Å². The molecule has 8 nitrogen and oxygen atoms in total. The standard InChI is InChI=1S/C19H21N5O3S3/c1-4-13-6-8-15(9-7-13)24(12(3)25)17-20-14(10-28-17)11-29-19-23-22-16(30-19)21-18(26)27-5-2/h6-10H,4-5,11H2,1-3H3,(H,21,22,26). The Bertz CT molecular complexity index is 1000. The molecule has 11 heteroatoms. The Hall–Kier alpha value is -2.50. The molecule has 0 saturated heterocycles. The number of thioether (sulfide) groups is 1. The molecule has 0 aliphatic carbocycles. The molecule has 2 heterocycles. The molecule has 0 bridgehead atoms. The summed E-state index contributed by atoms with van der Waals surface area (Å²) < 4.78 is 5.52. The second-order valence-corrected chi connectivity index (χ2v) is 9.04. The summed E-state index contributed by atoms with van der Waals surface area (Å²) in [5, 5.41) is 13.4. The smallest absolute Gasteiger partial charge is 0.413 e. The minimum atomic E-state index is -0.550. The van der Waals surface area contributed by atoms with Gasteiger partial charge in [0.1, 0.15) is 0 Å². The summed E-state index contributed by atoms with van der Waals surface area (Å²) in [5.74, 6) is 0.483. The van der Waals surface area contributed by atoms with Crippen LogP contribution in [0.5, 0.6) is 0 Å². The number of anilines is 3. The normalized spacial score (nSPS) is 10.6. The SMILES string of the molecule is CCOC(=O)Nc1nnc(SCc2csc(N(C(C)=O)c3ccc(CC)cc3)n2)s1. The van der Waals surface area contributed by atoms with Gasteiger partial charge in [0.2, 0.25) is 11.0 Å². The second-order valence-electron chi connectivity index (χ2n) is 6.00. The third-order valence-corrected chi connectivity index (χ3v) is 6.76. The Morgan fingerprint density at radius 2 is 1.97 bits per heavy atom. The maximum Gasteiger partial charge on any atom is 0.413 e. The molecule has 0 atom stereocenters. The molecule has 3 aromatic rings. The number of rotatable bonds is 8. The number of aryl methyl sites for hydroxylation is 1. The minimum absolute atomic E-state index is 0.0911. The van der Waals surface area contributed by atoms with Crippen molar-refractivity contribution in [3.63, 3.8) is 0 Å². The van der Waals surface area contributed by atoms with Gasteiger partial charge in [-0.25, -0.2) is 9.78 Å². The van der Waals surface area contributed by atoms with E-state index in [1.165, 1.54) is 46.9 Å². The zero-order chi connectivity index (χ0) is 21.5. The van der Waals surface area contributed by atoms with E-state index < -0.39 is 6.09 Å². The molecule has 1 N–H and O–H groups in total. The summed E-state index contributed by atoms with van der Waals surface area (Å²) in [6.45, 7) is 5.65. The van der Waals surface area contributed by atoms with Crippen LogP contribution in [0.2, 0.25) is 0 Å². The van der Waals surface area contributed by atoms with E-state index in [1.807, 2.05) is 29.6 Å². The summed E-state index contributed by atoms with van der Waals surface area (Å²) in [4.78, 5) is 29.9. The number of hydrogen-bond donors (Lipinski definition) is 1. The quantitative estimate of drug-likeness (QED) is 0.366. The molecule has 158 valence electrons. The van der Waals surface area contributed by atoms with Crippen LogP contribution in [0.4, 0.5) is 20.7 Å². The van der Waals surface area contributed by atoms with E-state index in [-0.39, 0.29) is 5.91 Å². The third kappa shape index (κ3) is 5.77. The van der Waals surface area contributed by atoms with E-state index in [0.29, 0.717) is 27.0 Å². The molecule has 0 aliphatic heterocycles. The zero-order valence-corrected chi connectivity index (χ0v) is 19.2. The molecule has 0 fully saturated rings. The van der Waals surface area contributed by atoms with Crippen molar-refractivity contribution in [1.29, 1.82) is 0 Å². The van der Waals surface area contributed by atoms with Crippen LogP contribution in [0.25, 0.3) is 0 Å². The van der Waals surface area contributed by atoms with Crippen molar-refractivity contribution in [1.82, 2.24) is 15.2 Å². The minimum Gasteiger partial charge on any atom is -0.450 e. The van der Waals surface area contributed by atoms with Crippen LogP contribution in [0.3, 0.4) is 0 Å². The average Bonchev–Trinajstić information content (AvgIpc) is 3.36. The summed E-state index contributed by atoms with van der Waals surface area (Å²) in [5.41, 5.74) is 2.85. The van der Waals surface area contributed by atoms with Gasteiger partial charge >= 0.3 is 6.09 Å². The van der Waals surface area contributed by atoms with Gasteiger partial charge in [0.05, 0.1) is 18.0 Å². The number of ether oxygens (including phenoxy) is 1. The number of carbonyl (C=O) groups excluding carboxylic acids is 2. The molecular weight excluding hydrogens is 442 g/mol. The van der Waals surface area contributed by atoms with Crippen LogP contribution in [-0.4, -0.2) is 33.8 Å². The third-order valence-electron chi connectivity index (χ3n) is 3.88. The van der Waals surface area contributed by atoms with Crippen molar-refractivity contribution >= 4 is 62.4 Å². The van der Waals surface area contributed by atoms with E-state index in [0.717, 1.165) is 17.8 Å². The zero-order valence-electron chi connectivity index (χ0n) is 16.7. The predicted octanol–water partition coefficient (Wildman–Crippen LogP) is 5.10. The number of aromatic nitrogens is 3. The van der Waals surface area contributed by atoms with E-state index in [9.17, 15) is 9.59 Å². The topological polar surface area (TPSA) is 97.3 Å². The van der Waals surface area contributed by atoms with Crippen molar-refractivity contribution in [2.45, 2.75) is 37.3 Å². The number of amides is 2. The van der Waals surface area contributed by atoms with Crippen LogP contribution in [0, 0.1) is 0 Å². The first-order chi connectivity index (χ1) is 14.5. The van der Waals surface area contributed by atoms with Gasteiger partial charge in [-0.1, -0.05) is 42.2 Å². The highest BCUT2D eigenvalue weighted by molar-refractivity contribution is 8.00. The lowest BCUT2D eigenvalue weighted by molar-refractivity contribution is -0.115. The van der Waals surface area contributed by atoms with Gasteiger partial charge < -0.3 is 4.74 Å². The van der Waals surface area contributed by atoms with Crippen LogP contribution in [0.1, 0.15) is 32.0 Å². The summed E-state index contributed by atoms with van der Waals surface area (Å²) >= 11 is 4.15. The predicted molar refractivity (Wildman–Crippen MR) is 121 cm³/mol. The summed E-state index contributed by atoms with van der Waals surface area (Å²) in [6, 6.07) is 7.92. The van der Waals surface area contributed by atoms with E-state index in [1.54, 1.807) is 11.8 Å². The fourth-order valence-corrected chi connectivity index (χ4v) is 5.10. The van der Waals surface area contributed by atoms with Gasteiger partial charge in [0, 0.05) is 18.1 Å². The van der Waals surface area contributed by atoms with E-state index >= 15 is 0 Å². The first-order valence-electron chi connectivity index (χ1n) is 9.24. The highest BCUT2D eigenvalue weighted by Crippen LogP contribution is 2.32. The monoisotopic (exact) mass is 463 g/mol. The maximum atomic E-state index is 12.3. The lowest BCUT2D eigenvalue weighted by Crippen LogP contribution is -2.22. The van der Waals surface area contributed by atoms with Gasteiger partial charge in [-0.05, 0) is 31.0 Å². The molecule has 0 saturated carbocycles. The molecule has 30 heavy (non-hydrogen) atoms. The Morgan fingerprint density at radius 1 is 1.20 bits per heavy atom. The lowest BCUT2D eigenvalue weighted by Gasteiger charge is -2.18. The number of carbonyl (C=O) groups is 2. The molecule has 0 spiro atoms. The fraction of sp³-hybridized carbons (Fsp3) is 0.316. The van der Waals surface area contributed by atoms with E-state index in [2.05, 4.69) is 27.4 Å². The van der Waals surface area contributed by atoms with Crippen molar-refractivity contribution in [3.05, 3.63) is 40.9 Å². The highest BCUT2D eigenvalue weighted by Gasteiger charge is 2.18. The van der Waals surface area contributed by atoms with E-state index in [4.69, 9.17) is 4.74 Å². The number of nitrogens with one attached hydrogen (secondary N) is 1. The van der Waals surface area contributed by atoms with Gasteiger partial charge in [-0.2, -0.15) is 0 Å². The number of benzene rings is 1. The van der Waals surface area contributed by atoms with Crippen LogP contribution >= 0.6 is 34.4 Å². The highest BCUT2D eigenvalue weighted by atomic mass is 32.2. The molecule has 2 amide bonds. The summed E-state index contributed by atoms with van der Waals surface area (Å²) in [7, 11) is 0. The largest absolute Gasteiger partial charge is 0.450 e.